The monoisotopic (exact) mass is 165 g/mol. The van der Waals surface area contributed by atoms with E-state index in [9.17, 15) is 0 Å². The molecule has 0 spiro atoms. The first-order valence-corrected chi connectivity index (χ1v) is 4.33. The number of hydrogen-bond acceptors (Lipinski definition) is 2. The molecular weight excluding hydrogens is 150 g/mol. The third-order valence-electron chi connectivity index (χ3n) is 2.44. The molecule has 66 valence electrons. The lowest BCUT2D eigenvalue weighted by Crippen LogP contribution is -2.37. The molecule has 0 aliphatic heterocycles. The van der Waals surface area contributed by atoms with E-state index in [1.54, 1.807) is 0 Å². The van der Waals surface area contributed by atoms with Gasteiger partial charge in [-0.2, -0.15) is 0 Å². The Balaban J connectivity index is 1.97. The van der Waals surface area contributed by atoms with Gasteiger partial charge >= 0.3 is 0 Å². The van der Waals surface area contributed by atoms with Gasteiger partial charge in [-0.25, -0.2) is 0 Å². The van der Waals surface area contributed by atoms with Gasteiger partial charge in [-0.1, -0.05) is 0 Å². The summed E-state index contributed by atoms with van der Waals surface area (Å²) in [5.41, 5.74) is 6.10. The predicted octanol–water partition coefficient (Wildman–Crippen LogP) is 0.942. The first-order valence-electron chi connectivity index (χ1n) is 4.33. The molecule has 3 nitrogen and oxygen atoms in total. The van der Waals surface area contributed by atoms with Crippen LogP contribution in [0.4, 0.5) is 5.82 Å². The molecular formula is C9H15N3. The van der Waals surface area contributed by atoms with Crippen molar-refractivity contribution < 1.29 is 0 Å². The average molecular weight is 165 g/mol. The molecule has 0 bridgehead atoms. The van der Waals surface area contributed by atoms with Crippen LogP contribution in [-0.4, -0.2) is 24.1 Å². The number of H-pyrrole nitrogens is 1. The zero-order valence-electron chi connectivity index (χ0n) is 7.38. The van der Waals surface area contributed by atoms with Crippen LogP contribution in [0.2, 0.25) is 0 Å². The van der Waals surface area contributed by atoms with Gasteiger partial charge in [0, 0.05) is 25.3 Å². The number of anilines is 1. The summed E-state index contributed by atoms with van der Waals surface area (Å²) in [7, 11) is 2.07. The molecule has 1 fully saturated rings. The van der Waals surface area contributed by atoms with Gasteiger partial charge in [0.05, 0.1) is 0 Å². The summed E-state index contributed by atoms with van der Waals surface area (Å²) in [6, 6.07) is 4.06. The molecule has 0 unspecified atom stereocenters. The second-order valence-corrected chi connectivity index (χ2v) is 3.77. The number of rotatable bonds is 3. The Morgan fingerprint density at radius 1 is 1.67 bits per heavy atom. The van der Waals surface area contributed by atoms with Crippen molar-refractivity contribution in [2.75, 3.05) is 18.5 Å². The minimum absolute atomic E-state index is 0.0971. The van der Waals surface area contributed by atoms with Gasteiger partial charge in [-0.15, -0.1) is 0 Å². The molecule has 1 aromatic heterocycles. The molecule has 0 saturated heterocycles. The fourth-order valence-electron chi connectivity index (χ4n) is 1.43. The van der Waals surface area contributed by atoms with Crippen LogP contribution in [0, 0.1) is 0 Å². The van der Waals surface area contributed by atoms with E-state index in [0.29, 0.717) is 0 Å². The first-order chi connectivity index (χ1) is 5.70. The predicted molar refractivity (Wildman–Crippen MR) is 50.2 cm³/mol. The summed E-state index contributed by atoms with van der Waals surface area (Å²) in [6.45, 7) is 0.952. The van der Waals surface area contributed by atoms with E-state index in [4.69, 9.17) is 5.73 Å². The minimum Gasteiger partial charge on any atom is -0.359 e. The van der Waals surface area contributed by atoms with Crippen molar-refractivity contribution in [3.8, 4) is 0 Å². The molecule has 1 aromatic rings. The summed E-state index contributed by atoms with van der Waals surface area (Å²) in [5.74, 6) is 1.15. The van der Waals surface area contributed by atoms with Crippen LogP contribution in [0.1, 0.15) is 12.8 Å². The Kier molecular flexibility index (Phi) is 1.61. The summed E-state index contributed by atoms with van der Waals surface area (Å²) in [6.07, 6.45) is 4.26. The standard InChI is InChI=1S/C9H15N3/c1-12(7-9(10)4-5-9)8-3-2-6-11-8/h2-3,6,11H,4-5,7,10H2,1H3. The number of nitrogens with zero attached hydrogens (tertiary/aromatic N) is 1. The number of aromatic nitrogens is 1. The molecule has 3 N–H and O–H groups in total. The zero-order chi connectivity index (χ0) is 8.60. The highest BCUT2D eigenvalue weighted by Crippen LogP contribution is 2.33. The Morgan fingerprint density at radius 3 is 2.92 bits per heavy atom. The second kappa shape index (κ2) is 2.52. The molecule has 2 rings (SSSR count). The van der Waals surface area contributed by atoms with Gasteiger partial charge < -0.3 is 15.6 Å². The maximum absolute atomic E-state index is 6.00. The van der Waals surface area contributed by atoms with Crippen molar-refractivity contribution in [3.05, 3.63) is 18.3 Å². The largest absolute Gasteiger partial charge is 0.359 e. The fourth-order valence-corrected chi connectivity index (χ4v) is 1.43. The Hall–Kier alpha value is -0.960. The lowest BCUT2D eigenvalue weighted by atomic mass is 10.3. The van der Waals surface area contributed by atoms with Crippen LogP contribution in [0.3, 0.4) is 0 Å². The molecule has 3 heteroatoms. The van der Waals surface area contributed by atoms with Crippen LogP contribution in [-0.2, 0) is 0 Å². The third-order valence-corrected chi connectivity index (χ3v) is 2.44. The van der Waals surface area contributed by atoms with Crippen LogP contribution in [0.5, 0.6) is 0 Å². The summed E-state index contributed by atoms with van der Waals surface area (Å²) < 4.78 is 0. The van der Waals surface area contributed by atoms with Crippen molar-refractivity contribution in [2.24, 2.45) is 5.73 Å². The maximum atomic E-state index is 6.00. The van der Waals surface area contributed by atoms with E-state index in [1.807, 2.05) is 12.3 Å². The van der Waals surface area contributed by atoms with Crippen molar-refractivity contribution in [1.29, 1.82) is 0 Å². The van der Waals surface area contributed by atoms with Gasteiger partial charge in [0.1, 0.15) is 5.82 Å². The molecule has 1 heterocycles. The molecule has 0 aromatic carbocycles. The smallest absolute Gasteiger partial charge is 0.105 e. The summed E-state index contributed by atoms with van der Waals surface area (Å²) in [5, 5.41) is 0. The van der Waals surface area contributed by atoms with Crippen molar-refractivity contribution in [1.82, 2.24) is 4.98 Å². The molecule has 1 aliphatic rings. The highest BCUT2D eigenvalue weighted by molar-refractivity contribution is 5.38. The van der Waals surface area contributed by atoms with Gasteiger partial charge in [-0.3, -0.25) is 0 Å². The van der Waals surface area contributed by atoms with Crippen LogP contribution >= 0.6 is 0 Å². The highest BCUT2D eigenvalue weighted by Gasteiger charge is 2.39. The lowest BCUT2D eigenvalue weighted by Gasteiger charge is -2.21. The van der Waals surface area contributed by atoms with E-state index in [1.165, 1.54) is 0 Å². The Morgan fingerprint density at radius 2 is 2.42 bits per heavy atom. The van der Waals surface area contributed by atoms with Crippen molar-refractivity contribution in [3.63, 3.8) is 0 Å². The van der Waals surface area contributed by atoms with Gasteiger partial charge in [0.15, 0.2) is 0 Å². The highest BCUT2D eigenvalue weighted by atomic mass is 15.2. The van der Waals surface area contributed by atoms with Crippen molar-refractivity contribution >= 4 is 5.82 Å². The lowest BCUT2D eigenvalue weighted by molar-refractivity contribution is 0.657. The maximum Gasteiger partial charge on any atom is 0.105 e. The molecule has 0 atom stereocenters. The molecule has 12 heavy (non-hydrogen) atoms. The number of aromatic amines is 1. The van der Waals surface area contributed by atoms with Crippen LogP contribution in [0.15, 0.2) is 18.3 Å². The van der Waals surface area contributed by atoms with E-state index in [0.717, 1.165) is 25.2 Å². The fraction of sp³-hybridized carbons (Fsp3) is 0.556. The van der Waals surface area contributed by atoms with E-state index in [2.05, 4.69) is 23.0 Å². The SMILES string of the molecule is CN(CC1(N)CC1)c1ccc[nH]1. The van der Waals surface area contributed by atoms with E-state index >= 15 is 0 Å². The number of nitrogens with one attached hydrogen (secondary N) is 1. The quantitative estimate of drug-likeness (QED) is 0.700. The molecule has 0 amide bonds. The summed E-state index contributed by atoms with van der Waals surface area (Å²) in [4.78, 5) is 5.33. The zero-order valence-corrected chi connectivity index (χ0v) is 7.38. The minimum atomic E-state index is 0.0971. The topological polar surface area (TPSA) is 45.0 Å². The second-order valence-electron chi connectivity index (χ2n) is 3.77. The molecule has 1 saturated carbocycles. The number of likely N-dealkylation sites (N-methyl/N-ethyl adjacent to an activating group) is 1. The third kappa shape index (κ3) is 1.46. The number of nitrogens with two attached hydrogens (primary N) is 1. The van der Waals surface area contributed by atoms with Gasteiger partial charge in [0.2, 0.25) is 0 Å². The van der Waals surface area contributed by atoms with E-state index in [-0.39, 0.29) is 5.54 Å². The van der Waals surface area contributed by atoms with Gasteiger partial charge in [-0.05, 0) is 25.0 Å². The first kappa shape index (κ1) is 7.68. The summed E-state index contributed by atoms with van der Waals surface area (Å²) >= 11 is 0. The molecule has 0 radical (unpaired) electrons. The van der Waals surface area contributed by atoms with Crippen LogP contribution < -0.4 is 10.6 Å². The van der Waals surface area contributed by atoms with Gasteiger partial charge in [0.25, 0.3) is 0 Å². The molecule has 1 aliphatic carbocycles. The Bertz CT molecular complexity index is 249. The Labute approximate surface area is 72.6 Å². The van der Waals surface area contributed by atoms with Crippen molar-refractivity contribution in [2.45, 2.75) is 18.4 Å². The normalized spacial score (nSPS) is 19.2. The van der Waals surface area contributed by atoms with E-state index < -0.39 is 0 Å². The number of hydrogen-bond donors (Lipinski definition) is 2. The van der Waals surface area contributed by atoms with Crippen LogP contribution in [0.25, 0.3) is 0 Å². The average Bonchev–Trinajstić information content (AvgIpc) is 2.55.